The molecule has 3 aromatic rings. The topological polar surface area (TPSA) is 89.2 Å². The van der Waals surface area contributed by atoms with Crippen molar-refractivity contribution >= 4 is 23.1 Å². The summed E-state index contributed by atoms with van der Waals surface area (Å²) in [5.74, 6) is -1.94. The Morgan fingerprint density at radius 1 is 1.03 bits per heavy atom. The average molecular weight is 473 g/mol. The van der Waals surface area contributed by atoms with Gasteiger partial charge in [-0.1, -0.05) is 0 Å². The molecule has 2 heterocycles. The molecule has 10 heteroatoms. The molecule has 1 unspecified atom stereocenters. The van der Waals surface area contributed by atoms with Crippen molar-refractivity contribution in [1.82, 2.24) is 0 Å². The molecule has 4 rings (SSSR count). The number of aliphatic hydroxyl groups is 1. The number of halogens is 3. The highest BCUT2D eigenvalue weighted by atomic mass is 19.4. The third-order valence-corrected chi connectivity index (χ3v) is 5.39. The SMILES string of the molecule is COc1ccc(OC)c(/C(O)=C2/C(=O)C(=O)N(c3ccc(C(F)(F)F)cc3)C2c2ccco2)c1. The molecule has 1 aliphatic heterocycles. The number of furan rings is 1. The summed E-state index contributed by atoms with van der Waals surface area (Å²) < 4.78 is 54.9. The number of ketones is 1. The third-order valence-electron chi connectivity index (χ3n) is 5.39. The summed E-state index contributed by atoms with van der Waals surface area (Å²) in [6.45, 7) is 0. The summed E-state index contributed by atoms with van der Waals surface area (Å²) in [7, 11) is 2.78. The Labute approximate surface area is 191 Å². The molecule has 0 bridgehead atoms. The number of amides is 1. The van der Waals surface area contributed by atoms with Gasteiger partial charge in [0.15, 0.2) is 0 Å². The Kier molecular flexibility index (Phi) is 5.82. The van der Waals surface area contributed by atoms with Gasteiger partial charge in [-0.2, -0.15) is 13.2 Å². The summed E-state index contributed by atoms with van der Waals surface area (Å²) in [6, 6.07) is 10.1. The van der Waals surface area contributed by atoms with Crippen molar-refractivity contribution in [2.45, 2.75) is 12.2 Å². The van der Waals surface area contributed by atoms with Crippen LogP contribution in [0.5, 0.6) is 11.5 Å². The number of Topliss-reactive ketones (excluding diaryl/α,β-unsaturated/α-hetero) is 1. The lowest BCUT2D eigenvalue weighted by atomic mass is 9.98. The molecule has 1 N–H and O–H groups in total. The number of rotatable bonds is 5. The first kappa shape index (κ1) is 23.0. The molecular weight excluding hydrogens is 455 g/mol. The molecular formula is C24H18F3NO6. The van der Waals surface area contributed by atoms with Gasteiger partial charge in [-0.25, -0.2) is 0 Å². The van der Waals surface area contributed by atoms with Crippen molar-refractivity contribution in [2.24, 2.45) is 0 Å². The van der Waals surface area contributed by atoms with Gasteiger partial charge >= 0.3 is 6.18 Å². The van der Waals surface area contributed by atoms with Gasteiger partial charge in [0.1, 0.15) is 29.1 Å². The van der Waals surface area contributed by atoms with Crippen LogP contribution in [-0.4, -0.2) is 31.0 Å². The first-order valence-electron chi connectivity index (χ1n) is 9.91. The van der Waals surface area contributed by atoms with Crippen LogP contribution in [0.2, 0.25) is 0 Å². The summed E-state index contributed by atoms with van der Waals surface area (Å²) in [5.41, 5.74) is -1.12. The molecule has 34 heavy (non-hydrogen) atoms. The van der Waals surface area contributed by atoms with Crippen LogP contribution in [0.4, 0.5) is 18.9 Å². The van der Waals surface area contributed by atoms with Crippen LogP contribution in [-0.2, 0) is 15.8 Å². The number of methoxy groups -OCH3 is 2. The van der Waals surface area contributed by atoms with Crippen LogP contribution in [0, 0.1) is 0 Å². The minimum Gasteiger partial charge on any atom is -0.507 e. The first-order valence-corrected chi connectivity index (χ1v) is 9.91. The zero-order valence-corrected chi connectivity index (χ0v) is 17.9. The second kappa shape index (κ2) is 8.62. The van der Waals surface area contributed by atoms with Crippen molar-refractivity contribution < 1.29 is 41.8 Å². The normalized spacial score (nSPS) is 17.8. The molecule has 0 aliphatic carbocycles. The molecule has 1 atom stereocenters. The number of carbonyl (C=O) groups is 2. The van der Waals surface area contributed by atoms with E-state index in [0.717, 1.165) is 29.2 Å². The van der Waals surface area contributed by atoms with E-state index in [-0.39, 0.29) is 28.3 Å². The number of anilines is 1. The molecule has 1 aliphatic rings. The minimum absolute atomic E-state index is 0.0214. The molecule has 0 spiro atoms. The van der Waals surface area contributed by atoms with Gasteiger partial charge in [0.05, 0.1) is 37.2 Å². The summed E-state index contributed by atoms with van der Waals surface area (Å²) in [4.78, 5) is 27.1. The quantitative estimate of drug-likeness (QED) is 0.321. The summed E-state index contributed by atoms with van der Waals surface area (Å²) >= 11 is 0. The van der Waals surface area contributed by atoms with Gasteiger partial charge in [0, 0.05) is 5.69 Å². The Balaban J connectivity index is 1.91. The first-order chi connectivity index (χ1) is 16.2. The maximum absolute atomic E-state index is 13.1. The maximum atomic E-state index is 13.1. The van der Waals surface area contributed by atoms with Gasteiger partial charge < -0.3 is 19.0 Å². The van der Waals surface area contributed by atoms with E-state index in [2.05, 4.69) is 0 Å². The fraction of sp³-hybridized carbons (Fsp3) is 0.167. The van der Waals surface area contributed by atoms with Crippen molar-refractivity contribution in [3.63, 3.8) is 0 Å². The fourth-order valence-corrected chi connectivity index (χ4v) is 3.77. The largest absolute Gasteiger partial charge is 0.507 e. The zero-order valence-electron chi connectivity index (χ0n) is 17.9. The number of carbonyl (C=O) groups excluding carboxylic acids is 2. The second-order valence-corrected chi connectivity index (χ2v) is 7.30. The van der Waals surface area contributed by atoms with E-state index in [1.54, 1.807) is 6.07 Å². The lowest BCUT2D eigenvalue weighted by Crippen LogP contribution is -2.29. The Bertz CT molecular complexity index is 1260. The van der Waals surface area contributed by atoms with Crippen LogP contribution in [0.25, 0.3) is 5.76 Å². The molecule has 7 nitrogen and oxygen atoms in total. The van der Waals surface area contributed by atoms with E-state index < -0.39 is 35.2 Å². The van der Waals surface area contributed by atoms with E-state index in [4.69, 9.17) is 13.9 Å². The van der Waals surface area contributed by atoms with Crippen LogP contribution < -0.4 is 14.4 Å². The molecule has 2 aromatic carbocycles. The molecule has 1 saturated heterocycles. The number of hydrogen-bond donors (Lipinski definition) is 1. The summed E-state index contributed by atoms with van der Waals surface area (Å²) in [6.07, 6.45) is -3.26. The van der Waals surface area contributed by atoms with Gasteiger partial charge in [-0.15, -0.1) is 0 Å². The lowest BCUT2D eigenvalue weighted by molar-refractivity contribution is -0.137. The van der Waals surface area contributed by atoms with Gasteiger partial charge in [-0.3, -0.25) is 14.5 Å². The van der Waals surface area contributed by atoms with E-state index >= 15 is 0 Å². The number of aliphatic hydroxyl groups excluding tert-OH is 1. The number of ether oxygens (including phenoxy) is 2. The van der Waals surface area contributed by atoms with Crippen LogP contribution >= 0.6 is 0 Å². The highest BCUT2D eigenvalue weighted by Gasteiger charge is 2.48. The summed E-state index contributed by atoms with van der Waals surface area (Å²) in [5, 5.41) is 11.2. The molecule has 176 valence electrons. The number of nitrogens with zero attached hydrogens (tertiary/aromatic N) is 1. The predicted molar refractivity (Wildman–Crippen MR) is 114 cm³/mol. The van der Waals surface area contributed by atoms with Crippen LogP contribution in [0.3, 0.4) is 0 Å². The standard InChI is InChI=1S/C24H18F3NO6/c1-32-15-9-10-17(33-2)16(12-15)21(29)19-20(18-4-3-11-34-18)28(23(31)22(19)30)14-7-5-13(6-8-14)24(25,26)27/h3-12,20,29H,1-2H3/b21-19-. The molecule has 1 amide bonds. The molecule has 1 fully saturated rings. The zero-order chi connectivity index (χ0) is 24.6. The number of hydrogen-bond acceptors (Lipinski definition) is 6. The van der Waals surface area contributed by atoms with Gasteiger partial charge in [-0.05, 0) is 54.6 Å². The molecule has 0 radical (unpaired) electrons. The minimum atomic E-state index is -4.57. The van der Waals surface area contributed by atoms with E-state index in [1.165, 1.54) is 44.7 Å². The lowest BCUT2D eigenvalue weighted by Gasteiger charge is -2.24. The Hall–Kier alpha value is -4.21. The maximum Gasteiger partial charge on any atom is 0.416 e. The molecule has 1 aromatic heterocycles. The van der Waals surface area contributed by atoms with E-state index in [1.807, 2.05) is 0 Å². The predicted octanol–water partition coefficient (Wildman–Crippen LogP) is 4.94. The molecule has 0 saturated carbocycles. The third kappa shape index (κ3) is 3.87. The van der Waals surface area contributed by atoms with Crippen molar-refractivity contribution in [3.05, 3.63) is 83.3 Å². The smallest absolute Gasteiger partial charge is 0.416 e. The van der Waals surface area contributed by atoms with Crippen molar-refractivity contribution in [1.29, 1.82) is 0 Å². The van der Waals surface area contributed by atoms with Gasteiger partial charge in [0.25, 0.3) is 11.7 Å². The van der Waals surface area contributed by atoms with E-state index in [9.17, 15) is 27.9 Å². The number of alkyl halides is 3. The van der Waals surface area contributed by atoms with Crippen LogP contribution in [0.1, 0.15) is 22.9 Å². The monoisotopic (exact) mass is 473 g/mol. The Morgan fingerprint density at radius 3 is 2.29 bits per heavy atom. The average Bonchev–Trinajstić information content (AvgIpc) is 3.44. The fourth-order valence-electron chi connectivity index (χ4n) is 3.77. The van der Waals surface area contributed by atoms with Crippen molar-refractivity contribution in [3.8, 4) is 11.5 Å². The number of benzene rings is 2. The van der Waals surface area contributed by atoms with Crippen molar-refractivity contribution in [2.75, 3.05) is 19.1 Å². The highest BCUT2D eigenvalue weighted by Crippen LogP contribution is 2.44. The van der Waals surface area contributed by atoms with Gasteiger partial charge in [0.2, 0.25) is 0 Å². The highest BCUT2D eigenvalue weighted by molar-refractivity contribution is 6.51. The van der Waals surface area contributed by atoms with E-state index in [0.29, 0.717) is 5.75 Å². The second-order valence-electron chi connectivity index (χ2n) is 7.30. The van der Waals surface area contributed by atoms with Crippen LogP contribution in [0.15, 0.2) is 70.9 Å². The Morgan fingerprint density at radius 2 is 1.74 bits per heavy atom.